The molecule has 0 amide bonds. The van der Waals surface area contributed by atoms with Crippen LogP contribution in [-0.2, 0) is 0 Å². The molecule has 0 aliphatic rings. The largest absolute Gasteiger partial charge is 0.320 e. The molecule has 2 N–H and O–H groups in total. The molecule has 0 radical (unpaired) electrons. The Morgan fingerprint density at radius 1 is 0.850 bits per heavy atom. The lowest BCUT2D eigenvalue weighted by molar-refractivity contribution is 0.880. The van der Waals surface area contributed by atoms with Crippen LogP contribution in [0.25, 0.3) is 10.8 Å². The zero-order valence-electron chi connectivity index (χ0n) is 11.3. The summed E-state index contributed by atoms with van der Waals surface area (Å²) >= 11 is 3.61. The monoisotopic (exact) mass is 325 g/mol. The smallest absolute Gasteiger partial charge is 0.0557 e. The maximum Gasteiger partial charge on any atom is 0.0557 e. The maximum atomic E-state index is 6.47. The summed E-state index contributed by atoms with van der Waals surface area (Å²) in [6.07, 6.45) is 0. The van der Waals surface area contributed by atoms with E-state index in [1.807, 2.05) is 6.07 Å². The summed E-state index contributed by atoms with van der Waals surface area (Å²) in [4.78, 5) is 0. The summed E-state index contributed by atoms with van der Waals surface area (Å²) in [6, 6.07) is 20.9. The van der Waals surface area contributed by atoms with Gasteiger partial charge in [0.2, 0.25) is 0 Å². The molecule has 1 unspecified atom stereocenters. The number of nitrogens with two attached hydrogens (primary N) is 1. The normalized spacial score (nSPS) is 12.6. The second-order valence-electron chi connectivity index (χ2n) is 5.07. The molecule has 3 aromatic carbocycles. The van der Waals surface area contributed by atoms with Gasteiger partial charge in [0.05, 0.1) is 6.04 Å². The van der Waals surface area contributed by atoms with E-state index in [4.69, 9.17) is 5.73 Å². The Bertz CT molecular complexity index is 747. The third kappa shape index (κ3) is 2.37. The van der Waals surface area contributed by atoms with E-state index in [-0.39, 0.29) is 6.04 Å². The molecule has 0 aliphatic carbocycles. The molecule has 3 rings (SSSR count). The first-order chi connectivity index (χ1) is 9.66. The van der Waals surface area contributed by atoms with Gasteiger partial charge in [0, 0.05) is 4.47 Å². The highest BCUT2D eigenvalue weighted by Gasteiger charge is 2.13. The van der Waals surface area contributed by atoms with Crippen molar-refractivity contribution >= 4 is 26.7 Å². The number of benzene rings is 3. The van der Waals surface area contributed by atoms with Gasteiger partial charge < -0.3 is 5.73 Å². The summed E-state index contributed by atoms with van der Waals surface area (Å²) in [6.45, 7) is 2.09. The summed E-state index contributed by atoms with van der Waals surface area (Å²) in [5.41, 5.74) is 10.0. The number of rotatable bonds is 2. The third-order valence-corrected chi connectivity index (χ3v) is 4.37. The highest BCUT2D eigenvalue weighted by atomic mass is 79.9. The zero-order chi connectivity index (χ0) is 14.1. The van der Waals surface area contributed by atoms with Crippen LogP contribution >= 0.6 is 15.9 Å². The summed E-state index contributed by atoms with van der Waals surface area (Å²) in [5.74, 6) is 0. The number of hydrogen-bond acceptors (Lipinski definition) is 1. The SMILES string of the molecule is Cc1ccc(C(N)c2ccc(Br)c3ccccc23)cc1. The minimum atomic E-state index is -0.103. The standard InChI is InChI=1S/C18H16BrN/c1-12-6-8-13(9-7-12)18(20)16-10-11-17(19)15-5-3-2-4-14(15)16/h2-11,18H,20H2,1H3. The Morgan fingerprint density at radius 3 is 2.20 bits per heavy atom. The lowest BCUT2D eigenvalue weighted by Gasteiger charge is -2.16. The molecule has 0 bridgehead atoms. The minimum Gasteiger partial charge on any atom is -0.320 e. The van der Waals surface area contributed by atoms with Crippen LogP contribution in [0.2, 0.25) is 0 Å². The molecule has 2 heteroatoms. The molecule has 0 fully saturated rings. The number of hydrogen-bond donors (Lipinski definition) is 1. The molecular weight excluding hydrogens is 310 g/mol. The van der Waals surface area contributed by atoms with E-state index in [1.54, 1.807) is 0 Å². The van der Waals surface area contributed by atoms with Gasteiger partial charge in [-0.15, -0.1) is 0 Å². The van der Waals surface area contributed by atoms with Gasteiger partial charge in [-0.05, 0) is 34.9 Å². The van der Waals surface area contributed by atoms with Gasteiger partial charge in [0.1, 0.15) is 0 Å². The summed E-state index contributed by atoms with van der Waals surface area (Å²) < 4.78 is 1.10. The van der Waals surface area contributed by atoms with Gasteiger partial charge >= 0.3 is 0 Å². The van der Waals surface area contributed by atoms with E-state index in [0.29, 0.717) is 0 Å². The Balaban J connectivity index is 2.14. The van der Waals surface area contributed by atoms with Gasteiger partial charge in [-0.2, -0.15) is 0 Å². The van der Waals surface area contributed by atoms with Crippen molar-refractivity contribution in [2.75, 3.05) is 0 Å². The van der Waals surface area contributed by atoms with Crippen molar-refractivity contribution in [3.05, 3.63) is 81.8 Å². The number of halogens is 1. The maximum absolute atomic E-state index is 6.47. The molecule has 0 spiro atoms. The van der Waals surface area contributed by atoms with Crippen molar-refractivity contribution in [1.82, 2.24) is 0 Å². The Labute approximate surface area is 127 Å². The third-order valence-electron chi connectivity index (χ3n) is 3.68. The Kier molecular flexibility index (Phi) is 3.60. The van der Waals surface area contributed by atoms with Crippen molar-refractivity contribution < 1.29 is 0 Å². The van der Waals surface area contributed by atoms with E-state index in [2.05, 4.69) is 77.5 Å². The lowest BCUT2D eigenvalue weighted by atomic mass is 9.94. The van der Waals surface area contributed by atoms with Crippen molar-refractivity contribution in [2.24, 2.45) is 5.73 Å². The predicted octanol–water partition coefficient (Wildman–Crippen LogP) is 4.96. The van der Waals surface area contributed by atoms with Gasteiger partial charge in [0.15, 0.2) is 0 Å². The molecule has 0 aliphatic heterocycles. The average molecular weight is 326 g/mol. The van der Waals surface area contributed by atoms with Crippen LogP contribution in [0.1, 0.15) is 22.7 Å². The zero-order valence-corrected chi connectivity index (χ0v) is 12.9. The quantitative estimate of drug-likeness (QED) is 0.708. The fraction of sp³-hybridized carbons (Fsp3) is 0.111. The second-order valence-corrected chi connectivity index (χ2v) is 5.92. The first-order valence-corrected chi connectivity index (χ1v) is 7.45. The van der Waals surface area contributed by atoms with Crippen LogP contribution < -0.4 is 5.73 Å². The molecule has 0 aromatic heterocycles. The van der Waals surface area contributed by atoms with E-state index in [1.165, 1.54) is 16.3 Å². The second kappa shape index (κ2) is 5.39. The Hall–Kier alpha value is -1.64. The molecule has 0 saturated carbocycles. The first kappa shape index (κ1) is 13.3. The van der Waals surface area contributed by atoms with E-state index in [0.717, 1.165) is 15.6 Å². The van der Waals surface area contributed by atoms with Gasteiger partial charge in [-0.25, -0.2) is 0 Å². The molecule has 3 aromatic rings. The van der Waals surface area contributed by atoms with Crippen molar-refractivity contribution in [3.63, 3.8) is 0 Å². The van der Waals surface area contributed by atoms with Crippen LogP contribution in [-0.4, -0.2) is 0 Å². The summed E-state index contributed by atoms with van der Waals surface area (Å²) in [7, 11) is 0. The molecule has 100 valence electrons. The van der Waals surface area contributed by atoms with Gasteiger partial charge in [0.25, 0.3) is 0 Å². The molecule has 0 heterocycles. The van der Waals surface area contributed by atoms with Crippen LogP contribution in [0.3, 0.4) is 0 Å². The Morgan fingerprint density at radius 2 is 1.50 bits per heavy atom. The number of fused-ring (bicyclic) bond motifs is 1. The topological polar surface area (TPSA) is 26.0 Å². The molecule has 1 atom stereocenters. The van der Waals surface area contributed by atoms with Crippen molar-refractivity contribution in [2.45, 2.75) is 13.0 Å². The summed E-state index contributed by atoms with van der Waals surface area (Å²) in [5, 5.41) is 2.41. The minimum absolute atomic E-state index is 0.103. The fourth-order valence-corrected chi connectivity index (χ4v) is 2.99. The van der Waals surface area contributed by atoms with Crippen LogP contribution in [0.4, 0.5) is 0 Å². The lowest BCUT2D eigenvalue weighted by Crippen LogP contribution is -2.12. The van der Waals surface area contributed by atoms with Crippen LogP contribution in [0, 0.1) is 6.92 Å². The molecular formula is C18H16BrN. The molecule has 0 saturated heterocycles. The number of aryl methyl sites for hydroxylation is 1. The van der Waals surface area contributed by atoms with E-state index in [9.17, 15) is 0 Å². The first-order valence-electron chi connectivity index (χ1n) is 6.66. The molecule has 20 heavy (non-hydrogen) atoms. The van der Waals surface area contributed by atoms with E-state index < -0.39 is 0 Å². The highest BCUT2D eigenvalue weighted by molar-refractivity contribution is 9.10. The fourth-order valence-electron chi connectivity index (χ4n) is 2.51. The predicted molar refractivity (Wildman–Crippen MR) is 88.9 cm³/mol. The van der Waals surface area contributed by atoms with Crippen LogP contribution in [0.15, 0.2) is 65.1 Å². The van der Waals surface area contributed by atoms with Gasteiger partial charge in [-0.1, -0.05) is 76.1 Å². The highest BCUT2D eigenvalue weighted by Crippen LogP contribution is 2.31. The molecule has 1 nitrogen and oxygen atoms in total. The average Bonchev–Trinajstić information content (AvgIpc) is 2.48. The van der Waals surface area contributed by atoms with Crippen molar-refractivity contribution in [1.29, 1.82) is 0 Å². The van der Waals surface area contributed by atoms with Crippen LogP contribution in [0.5, 0.6) is 0 Å². The van der Waals surface area contributed by atoms with Gasteiger partial charge in [-0.3, -0.25) is 0 Å². The van der Waals surface area contributed by atoms with E-state index >= 15 is 0 Å². The van der Waals surface area contributed by atoms with Crippen molar-refractivity contribution in [3.8, 4) is 0 Å².